The molecule has 0 saturated carbocycles. The van der Waals surface area contributed by atoms with E-state index in [1.807, 2.05) is 0 Å². The molecule has 0 amide bonds. The van der Waals surface area contributed by atoms with Crippen LogP contribution >= 0.6 is 11.6 Å². The number of hydrogen-bond acceptors (Lipinski definition) is 3. The van der Waals surface area contributed by atoms with E-state index in [0.717, 1.165) is 12.1 Å². The molecule has 2 N–H and O–H groups in total. The number of fused-ring (bicyclic) bond motifs is 1. The highest BCUT2D eigenvalue weighted by atomic mass is 35.5. The van der Waals surface area contributed by atoms with E-state index in [-0.39, 0.29) is 0 Å². The van der Waals surface area contributed by atoms with Crippen LogP contribution in [-0.4, -0.2) is 14.6 Å². The molecule has 7 heteroatoms. The van der Waals surface area contributed by atoms with Gasteiger partial charge in [0.1, 0.15) is 0 Å². The average molecular weight is 281 g/mol. The van der Waals surface area contributed by atoms with Crippen LogP contribution in [0.1, 0.15) is 0 Å². The zero-order chi connectivity index (χ0) is 13.6. The first-order valence-electron chi connectivity index (χ1n) is 5.31. The average Bonchev–Trinajstić information content (AvgIpc) is 2.76. The lowest BCUT2D eigenvalue weighted by molar-refractivity contribution is 0.509. The SMILES string of the molecule is Nc1cc(Cl)cn2c(-c3ccc(F)c(F)c3)nnc12. The summed E-state index contributed by atoms with van der Waals surface area (Å²) in [6, 6.07) is 5.02. The van der Waals surface area contributed by atoms with Crippen molar-refractivity contribution in [3.8, 4) is 11.4 Å². The Balaban J connectivity index is 2.28. The van der Waals surface area contributed by atoms with Crippen LogP contribution in [-0.2, 0) is 0 Å². The standard InChI is InChI=1S/C12H7ClF2N4/c13-7-4-10(16)12-18-17-11(19(12)5-7)6-1-2-8(14)9(15)3-6/h1-5H,16H2. The zero-order valence-corrected chi connectivity index (χ0v) is 10.2. The second-order valence-corrected chi connectivity index (χ2v) is 4.40. The maximum atomic E-state index is 13.2. The summed E-state index contributed by atoms with van der Waals surface area (Å²) < 4.78 is 27.7. The van der Waals surface area contributed by atoms with Crippen LogP contribution < -0.4 is 5.73 Å². The highest BCUT2D eigenvalue weighted by molar-refractivity contribution is 6.30. The predicted molar refractivity (Wildman–Crippen MR) is 67.8 cm³/mol. The van der Waals surface area contributed by atoms with Gasteiger partial charge in [0.15, 0.2) is 23.1 Å². The Labute approximate surface area is 111 Å². The monoisotopic (exact) mass is 280 g/mol. The number of nitrogens with zero attached hydrogens (tertiary/aromatic N) is 3. The highest BCUT2D eigenvalue weighted by Crippen LogP contribution is 2.25. The van der Waals surface area contributed by atoms with Gasteiger partial charge in [-0.3, -0.25) is 4.40 Å². The van der Waals surface area contributed by atoms with Crippen LogP contribution in [0.2, 0.25) is 5.02 Å². The molecule has 0 atom stereocenters. The molecule has 0 radical (unpaired) electrons. The van der Waals surface area contributed by atoms with Crippen LogP contribution in [0.4, 0.5) is 14.5 Å². The van der Waals surface area contributed by atoms with Crippen molar-refractivity contribution in [1.82, 2.24) is 14.6 Å². The Morgan fingerprint density at radius 3 is 2.63 bits per heavy atom. The molecule has 0 unspecified atom stereocenters. The first-order valence-corrected chi connectivity index (χ1v) is 5.69. The van der Waals surface area contributed by atoms with Gasteiger partial charge < -0.3 is 5.73 Å². The Morgan fingerprint density at radius 2 is 1.89 bits per heavy atom. The fraction of sp³-hybridized carbons (Fsp3) is 0. The van der Waals surface area contributed by atoms with Gasteiger partial charge in [-0.2, -0.15) is 0 Å². The quantitative estimate of drug-likeness (QED) is 0.746. The van der Waals surface area contributed by atoms with Gasteiger partial charge in [-0.1, -0.05) is 11.6 Å². The summed E-state index contributed by atoms with van der Waals surface area (Å²) in [6.45, 7) is 0. The molecule has 96 valence electrons. The van der Waals surface area contributed by atoms with Gasteiger partial charge in [0.25, 0.3) is 0 Å². The van der Waals surface area contributed by atoms with E-state index >= 15 is 0 Å². The van der Waals surface area contributed by atoms with E-state index in [1.165, 1.54) is 10.5 Å². The molecule has 4 nitrogen and oxygen atoms in total. The molecule has 3 aromatic rings. The maximum Gasteiger partial charge on any atom is 0.184 e. The fourth-order valence-electron chi connectivity index (χ4n) is 1.82. The molecule has 0 aliphatic rings. The highest BCUT2D eigenvalue weighted by Gasteiger charge is 2.13. The van der Waals surface area contributed by atoms with E-state index < -0.39 is 11.6 Å². The summed E-state index contributed by atoms with van der Waals surface area (Å²) in [5, 5.41) is 8.22. The first kappa shape index (κ1) is 11.9. The Morgan fingerprint density at radius 1 is 1.11 bits per heavy atom. The molecule has 0 spiro atoms. The van der Waals surface area contributed by atoms with Crippen molar-refractivity contribution in [1.29, 1.82) is 0 Å². The number of nitrogen functional groups attached to an aromatic ring is 1. The minimum Gasteiger partial charge on any atom is -0.396 e. The number of nitrogens with two attached hydrogens (primary N) is 1. The van der Waals surface area contributed by atoms with Gasteiger partial charge in [-0.25, -0.2) is 8.78 Å². The number of aromatic nitrogens is 3. The summed E-state index contributed by atoms with van der Waals surface area (Å²) in [4.78, 5) is 0. The van der Waals surface area contributed by atoms with Gasteiger partial charge in [-0.05, 0) is 24.3 Å². The summed E-state index contributed by atoms with van der Waals surface area (Å²) in [6.07, 6.45) is 1.56. The van der Waals surface area contributed by atoms with E-state index in [2.05, 4.69) is 10.2 Å². The summed E-state index contributed by atoms with van der Waals surface area (Å²) in [5.41, 5.74) is 6.91. The topological polar surface area (TPSA) is 56.2 Å². The van der Waals surface area contributed by atoms with Gasteiger partial charge in [0, 0.05) is 11.8 Å². The molecule has 2 aromatic heterocycles. The third-order valence-corrected chi connectivity index (χ3v) is 2.88. The molecule has 1 aromatic carbocycles. The number of anilines is 1. The number of hydrogen-bond donors (Lipinski definition) is 1. The predicted octanol–water partition coefficient (Wildman–Crippen LogP) is 2.91. The number of halogens is 3. The number of rotatable bonds is 1. The molecular formula is C12H7ClF2N4. The molecule has 3 rings (SSSR count). The Kier molecular flexibility index (Phi) is 2.60. The van der Waals surface area contributed by atoms with Crippen molar-refractivity contribution in [2.45, 2.75) is 0 Å². The molecule has 0 bridgehead atoms. The van der Waals surface area contributed by atoms with Gasteiger partial charge in [0.2, 0.25) is 0 Å². The van der Waals surface area contributed by atoms with Crippen LogP contribution in [0.25, 0.3) is 17.0 Å². The Hall–Kier alpha value is -2.21. The molecule has 0 aliphatic carbocycles. The zero-order valence-electron chi connectivity index (χ0n) is 9.44. The van der Waals surface area contributed by atoms with E-state index in [0.29, 0.717) is 27.7 Å². The third kappa shape index (κ3) is 1.90. The maximum absolute atomic E-state index is 13.2. The van der Waals surface area contributed by atoms with Gasteiger partial charge in [0.05, 0.1) is 10.7 Å². The lowest BCUT2D eigenvalue weighted by Crippen LogP contribution is -1.95. The van der Waals surface area contributed by atoms with Crippen molar-refractivity contribution >= 4 is 22.9 Å². The second kappa shape index (κ2) is 4.17. The molecular weight excluding hydrogens is 274 g/mol. The van der Waals surface area contributed by atoms with Crippen LogP contribution in [0.15, 0.2) is 30.5 Å². The van der Waals surface area contributed by atoms with E-state index in [9.17, 15) is 8.78 Å². The van der Waals surface area contributed by atoms with Crippen molar-refractivity contribution in [3.63, 3.8) is 0 Å². The van der Waals surface area contributed by atoms with E-state index in [1.54, 1.807) is 12.3 Å². The molecule has 0 saturated heterocycles. The third-order valence-electron chi connectivity index (χ3n) is 2.68. The summed E-state index contributed by atoms with van der Waals surface area (Å²) >= 11 is 5.91. The fourth-order valence-corrected chi connectivity index (χ4v) is 2.03. The second-order valence-electron chi connectivity index (χ2n) is 3.96. The molecule has 2 heterocycles. The van der Waals surface area contributed by atoms with Crippen molar-refractivity contribution in [3.05, 3.63) is 47.1 Å². The van der Waals surface area contributed by atoms with Crippen LogP contribution in [0, 0.1) is 11.6 Å². The van der Waals surface area contributed by atoms with Crippen molar-refractivity contribution in [2.75, 3.05) is 5.73 Å². The smallest absolute Gasteiger partial charge is 0.184 e. The van der Waals surface area contributed by atoms with Crippen molar-refractivity contribution < 1.29 is 8.78 Å². The van der Waals surface area contributed by atoms with Gasteiger partial charge >= 0.3 is 0 Å². The van der Waals surface area contributed by atoms with Crippen LogP contribution in [0.5, 0.6) is 0 Å². The largest absolute Gasteiger partial charge is 0.396 e. The van der Waals surface area contributed by atoms with Crippen molar-refractivity contribution in [2.24, 2.45) is 0 Å². The molecule has 0 fully saturated rings. The minimum absolute atomic E-state index is 0.336. The normalized spacial score (nSPS) is 11.1. The lowest BCUT2D eigenvalue weighted by Gasteiger charge is -2.03. The summed E-state index contributed by atoms with van der Waals surface area (Å²) in [7, 11) is 0. The van der Waals surface area contributed by atoms with Crippen LogP contribution in [0.3, 0.4) is 0 Å². The number of benzene rings is 1. The first-order chi connectivity index (χ1) is 9.06. The van der Waals surface area contributed by atoms with E-state index in [4.69, 9.17) is 17.3 Å². The lowest BCUT2D eigenvalue weighted by atomic mass is 10.2. The molecule has 19 heavy (non-hydrogen) atoms. The Bertz CT molecular complexity index is 785. The molecule has 0 aliphatic heterocycles. The summed E-state index contributed by atoms with van der Waals surface area (Å²) in [5.74, 6) is -1.54. The van der Waals surface area contributed by atoms with Gasteiger partial charge in [-0.15, -0.1) is 10.2 Å². The number of pyridine rings is 1. The minimum atomic E-state index is -0.954.